The SMILES string of the molecule is Cc1noc(C)c1CSc1ccccc1C(=O)OCC(=O)NCC1CCCCC1. The van der Waals surface area contributed by atoms with E-state index in [9.17, 15) is 9.59 Å². The van der Waals surface area contributed by atoms with Crippen molar-refractivity contribution in [3.63, 3.8) is 0 Å². The van der Waals surface area contributed by atoms with Gasteiger partial charge in [0.05, 0.1) is 11.3 Å². The topological polar surface area (TPSA) is 81.4 Å². The zero-order valence-corrected chi connectivity index (χ0v) is 17.8. The summed E-state index contributed by atoms with van der Waals surface area (Å²) in [5.41, 5.74) is 2.34. The second-order valence-electron chi connectivity index (χ2n) is 7.47. The van der Waals surface area contributed by atoms with E-state index in [1.807, 2.05) is 26.0 Å². The highest BCUT2D eigenvalue weighted by molar-refractivity contribution is 7.98. The Hall–Kier alpha value is -2.28. The Bertz CT molecular complexity index is 824. The highest BCUT2D eigenvalue weighted by Gasteiger charge is 2.18. The molecule has 0 unspecified atom stereocenters. The first-order valence-corrected chi connectivity index (χ1v) is 11.1. The summed E-state index contributed by atoms with van der Waals surface area (Å²) in [5.74, 6) is 1.24. The van der Waals surface area contributed by atoms with Crippen LogP contribution in [-0.2, 0) is 15.3 Å². The summed E-state index contributed by atoms with van der Waals surface area (Å²) >= 11 is 1.52. The molecule has 1 N–H and O–H groups in total. The number of benzene rings is 1. The van der Waals surface area contributed by atoms with Crippen LogP contribution in [0.15, 0.2) is 33.7 Å². The number of carbonyl (C=O) groups excluding carboxylic acids is 2. The average molecular weight is 417 g/mol. The van der Waals surface area contributed by atoms with E-state index in [1.165, 1.54) is 31.0 Å². The number of ether oxygens (including phenoxy) is 1. The molecule has 1 fully saturated rings. The molecule has 1 saturated carbocycles. The highest BCUT2D eigenvalue weighted by Crippen LogP contribution is 2.29. The van der Waals surface area contributed by atoms with Gasteiger partial charge in [-0.2, -0.15) is 0 Å². The smallest absolute Gasteiger partial charge is 0.339 e. The van der Waals surface area contributed by atoms with Gasteiger partial charge in [0.25, 0.3) is 5.91 Å². The minimum atomic E-state index is -0.486. The van der Waals surface area contributed by atoms with E-state index in [2.05, 4.69) is 10.5 Å². The molecule has 29 heavy (non-hydrogen) atoms. The molecule has 156 valence electrons. The Balaban J connectivity index is 1.50. The van der Waals surface area contributed by atoms with Crippen LogP contribution in [0.5, 0.6) is 0 Å². The maximum Gasteiger partial charge on any atom is 0.339 e. The second-order valence-corrected chi connectivity index (χ2v) is 8.49. The molecular formula is C22H28N2O4S. The average Bonchev–Trinajstić information content (AvgIpc) is 3.07. The van der Waals surface area contributed by atoms with Gasteiger partial charge >= 0.3 is 5.97 Å². The fraction of sp³-hybridized carbons (Fsp3) is 0.500. The van der Waals surface area contributed by atoms with Gasteiger partial charge in [0.1, 0.15) is 5.76 Å². The molecule has 1 aliphatic carbocycles. The van der Waals surface area contributed by atoms with Crippen molar-refractivity contribution in [1.82, 2.24) is 10.5 Å². The number of aryl methyl sites for hydroxylation is 2. The minimum absolute atomic E-state index is 0.246. The summed E-state index contributed by atoms with van der Waals surface area (Å²) in [7, 11) is 0. The number of hydrogen-bond acceptors (Lipinski definition) is 6. The molecule has 1 aromatic heterocycles. The molecular weight excluding hydrogens is 388 g/mol. The van der Waals surface area contributed by atoms with Crippen LogP contribution < -0.4 is 5.32 Å². The van der Waals surface area contributed by atoms with Gasteiger partial charge in [-0.1, -0.05) is 36.6 Å². The number of amides is 1. The van der Waals surface area contributed by atoms with Gasteiger partial charge in [-0.15, -0.1) is 11.8 Å². The Labute approximate surface area is 175 Å². The first-order chi connectivity index (χ1) is 14.0. The van der Waals surface area contributed by atoms with Crippen LogP contribution in [0.2, 0.25) is 0 Å². The Morgan fingerprint density at radius 2 is 1.97 bits per heavy atom. The molecule has 1 aliphatic rings. The summed E-state index contributed by atoms with van der Waals surface area (Å²) < 4.78 is 10.5. The molecule has 0 bridgehead atoms. The summed E-state index contributed by atoms with van der Waals surface area (Å²) in [5, 5.41) is 6.85. The van der Waals surface area contributed by atoms with Gasteiger partial charge in [0, 0.05) is 22.8 Å². The number of aromatic nitrogens is 1. The van der Waals surface area contributed by atoms with Crippen LogP contribution in [0, 0.1) is 19.8 Å². The van der Waals surface area contributed by atoms with E-state index in [0.717, 1.165) is 34.8 Å². The zero-order valence-electron chi connectivity index (χ0n) is 17.0. The molecule has 1 heterocycles. The van der Waals surface area contributed by atoms with E-state index in [4.69, 9.17) is 9.26 Å². The Morgan fingerprint density at radius 3 is 2.69 bits per heavy atom. The molecule has 2 aromatic rings. The number of hydrogen-bond donors (Lipinski definition) is 1. The van der Waals surface area contributed by atoms with Crippen molar-refractivity contribution < 1.29 is 18.8 Å². The van der Waals surface area contributed by atoms with E-state index in [1.54, 1.807) is 12.1 Å². The molecule has 0 aliphatic heterocycles. The van der Waals surface area contributed by atoms with E-state index < -0.39 is 5.97 Å². The molecule has 3 rings (SSSR count). The van der Waals surface area contributed by atoms with E-state index in [0.29, 0.717) is 23.8 Å². The fourth-order valence-corrected chi connectivity index (χ4v) is 4.72. The summed E-state index contributed by atoms with van der Waals surface area (Å²) in [6.07, 6.45) is 6.08. The zero-order chi connectivity index (χ0) is 20.6. The van der Waals surface area contributed by atoms with Crippen LogP contribution in [-0.4, -0.2) is 30.2 Å². The lowest BCUT2D eigenvalue weighted by atomic mass is 9.89. The maximum atomic E-state index is 12.5. The lowest BCUT2D eigenvalue weighted by Crippen LogP contribution is -2.33. The van der Waals surface area contributed by atoms with Gasteiger partial charge in [0.2, 0.25) is 0 Å². The molecule has 0 atom stereocenters. The first-order valence-electron chi connectivity index (χ1n) is 10.1. The number of carbonyl (C=O) groups is 2. The van der Waals surface area contributed by atoms with Crippen LogP contribution in [0.1, 0.15) is 59.5 Å². The number of thioether (sulfide) groups is 1. The summed E-state index contributed by atoms with van der Waals surface area (Å²) in [6, 6.07) is 7.27. The third kappa shape index (κ3) is 6.10. The van der Waals surface area contributed by atoms with Gasteiger partial charge < -0.3 is 14.6 Å². The quantitative estimate of drug-likeness (QED) is 0.506. The standard InChI is InChI=1S/C22H28N2O4S/c1-15-19(16(2)28-24-15)14-29-20-11-7-6-10-18(20)22(26)27-13-21(25)23-12-17-8-4-3-5-9-17/h6-7,10-11,17H,3-5,8-9,12-14H2,1-2H3,(H,23,25). The van der Waals surface area contributed by atoms with Gasteiger partial charge in [0.15, 0.2) is 6.61 Å². The molecule has 0 spiro atoms. The van der Waals surface area contributed by atoms with Crippen molar-refractivity contribution in [3.8, 4) is 0 Å². The Morgan fingerprint density at radius 1 is 1.21 bits per heavy atom. The lowest BCUT2D eigenvalue weighted by molar-refractivity contribution is -0.124. The second kappa shape index (κ2) is 10.5. The van der Waals surface area contributed by atoms with E-state index >= 15 is 0 Å². The lowest BCUT2D eigenvalue weighted by Gasteiger charge is -2.21. The Kier molecular flexibility index (Phi) is 7.75. The first kappa shape index (κ1) is 21.4. The van der Waals surface area contributed by atoms with Crippen molar-refractivity contribution in [1.29, 1.82) is 0 Å². The predicted molar refractivity (Wildman–Crippen MR) is 112 cm³/mol. The van der Waals surface area contributed by atoms with Crippen LogP contribution in [0.25, 0.3) is 0 Å². The van der Waals surface area contributed by atoms with Crippen molar-refractivity contribution in [2.24, 2.45) is 5.92 Å². The van der Waals surface area contributed by atoms with Gasteiger partial charge in [-0.05, 0) is 44.7 Å². The normalized spacial score (nSPS) is 14.6. The largest absolute Gasteiger partial charge is 0.452 e. The highest BCUT2D eigenvalue weighted by atomic mass is 32.2. The van der Waals surface area contributed by atoms with Crippen molar-refractivity contribution in [2.45, 2.75) is 56.6 Å². The minimum Gasteiger partial charge on any atom is -0.452 e. The molecule has 0 radical (unpaired) electrons. The van der Waals surface area contributed by atoms with Crippen molar-refractivity contribution in [3.05, 3.63) is 46.8 Å². The fourth-order valence-electron chi connectivity index (χ4n) is 3.53. The molecule has 0 saturated heterocycles. The molecule has 1 aromatic carbocycles. The number of esters is 1. The third-order valence-corrected chi connectivity index (χ3v) is 6.41. The predicted octanol–water partition coefficient (Wildman–Crippen LogP) is 4.44. The monoisotopic (exact) mass is 416 g/mol. The number of rotatable bonds is 8. The number of nitrogens with zero attached hydrogens (tertiary/aromatic N) is 1. The summed E-state index contributed by atoms with van der Waals surface area (Å²) in [6.45, 7) is 4.19. The van der Waals surface area contributed by atoms with E-state index in [-0.39, 0.29) is 12.5 Å². The van der Waals surface area contributed by atoms with Gasteiger partial charge in [-0.25, -0.2) is 4.79 Å². The van der Waals surface area contributed by atoms with Crippen LogP contribution in [0.4, 0.5) is 0 Å². The maximum absolute atomic E-state index is 12.5. The third-order valence-electron chi connectivity index (χ3n) is 5.31. The molecule has 7 heteroatoms. The van der Waals surface area contributed by atoms with Gasteiger partial charge in [-0.3, -0.25) is 4.79 Å². The van der Waals surface area contributed by atoms with Crippen molar-refractivity contribution in [2.75, 3.05) is 13.2 Å². The van der Waals surface area contributed by atoms with Crippen molar-refractivity contribution >= 4 is 23.6 Å². The molecule has 6 nitrogen and oxygen atoms in total. The number of nitrogens with one attached hydrogen (secondary N) is 1. The summed E-state index contributed by atoms with van der Waals surface area (Å²) in [4.78, 5) is 25.4. The van der Waals surface area contributed by atoms with Crippen LogP contribution >= 0.6 is 11.8 Å². The van der Waals surface area contributed by atoms with Crippen LogP contribution in [0.3, 0.4) is 0 Å². The molecule has 1 amide bonds.